The molecule has 0 saturated heterocycles. The van der Waals surface area contributed by atoms with Gasteiger partial charge >= 0.3 is 0 Å². The average Bonchev–Trinajstić information content (AvgIpc) is 3.31. The number of carbonyl (C=O) groups excluding carboxylic acids is 1. The molecule has 4 heterocycles. The number of pyridine rings is 1. The molecule has 2 aliphatic rings. The van der Waals surface area contributed by atoms with Crippen LogP contribution in [0.3, 0.4) is 0 Å². The lowest BCUT2D eigenvalue weighted by molar-refractivity contribution is -0.113. The topological polar surface area (TPSA) is 103 Å². The molecule has 6 rings (SSSR count). The zero-order valence-electron chi connectivity index (χ0n) is 19.2. The van der Waals surface area contributed by atoms with Gasteiger partial charge in [-0.1, -0.05) is 23.7 Å². The molecule has 2 aromatic heterocycles. The van der Waals surface area contributed by atoms with Gasteiger partial charge < -0.3 is 20.1 Å². The summed E-state index contributed by atoms with van der Waals surface area (Å²) < 4.78 is 13.2. The normalized spacial score (nSPS) is 16.2. The van der Waals surface area contributed by atoms with E-state index < -0.39 is 6.04 Å². The molecular formula is C26H21ClN6O3. The molecule has 0 aliphatic carbocycles. The zero-order chi connectivity index (χ0) is 24.6. The number of fused-ring (bicyclic) bond motifs is 2. The summed E-state index contributed by atoms with van der Waals surface area (Å²) in [5.41, 5.74) is 3.37. The van der Waals surface area contributed by atoms with E-state index in [1.165, 1.54) is 0 Å². The molecule has 0 radical (unpaired) electrons. The molecule has 0 spiro atoms. The predicted octanol–water partition coefficient (Wildman–Crippen LogP) is 4.69. The maximum absolute atomic E-state index is 13.7. The van der Waals surface area contributed by atoms with Crippen molar-refractivity contribution in [3.63, 3.8) is 0 Å². The molecule has 0 bridgehead atoms. The molecular weight excluding hydrogens is 480 g/mol. The lowest BCUT2D eigenvalue weighted by Gasteiger charge is -2.29. The minimum atomic E-state index is -0.570. The summed E-state index contributed by atoms with van der Waals surface area (Å²) in [7, 11) is 0. The van der Waals surface area contributed by atoms with E-state index in [4.69, 9.17) is 31.2 Å². The Bertz CT molecular complexity index is 1500. The summed E-state index contributed by atoms with van der Waals surface area (Å²) in [6, 6.07) is 15.8. The van der Waals surface area contributed by atoms with Gasteiger partial charge in [0.25, 0.3) is 5.91 Å². The quantitative estimate of drug-likeness (QED) is 0.419. The molecule has 0 fully saturated rings. The van der Waals surface area contributed by atoms with Gasteiger partial charge in [-0.05, 0) is 55.0 Å². The molecule has 4 aromatic rings. The summed E-state index contributed by atoms with van der Waals surface area (Å²) in [5.74, 6) is 2.06. The smallest absolute Gasteiger partial charge is 0.255 e. The number of hydrogen-bond acceptors (Lipinski definition) is 7. The van der Waals surface area contributed by atoms with Crippen LogP contribution in [0.25, 0.3) is 11.4 Å². The third-order valence-corrected chi connectivity index (χ3v) is 6.24. The van der Waals surface area contributed by atoms with Gasteiger partial charge in [0, 0.05) is 34.4 Å². The van der Waals surface area contributed by atoms with E-state index >= 15 is 0 Å². The van der Waals surface area contributed by atoms with Crippen LogP contribution in [0.5, 0.6) is 11.5 Å². The van der Waals surface area contributed by atoms with Crippen LogP contribution in [0, 0.1) is 0 Å². The van der Waals surface area contributed by atoms with E-state index in [2.05, 4.69) is 15.6 Å². The Balaban J connectivity index is 1.46. The average molecular weight is 501 g/mol. The van der Waals surface area contributed by atoms with Gasteiger partial charge in [-0.2, -0.15) is 4.98 Å². The van der Waals surface area contributed by atoms with Crippen molar-refractivity contribution in [2.75, 3.05) is 23.8 Å². The molecule has 0 saturated carbocycles. The Hall–Kier alpha value is -4.37. The third-order valence-electron chi connectivity index (χ3n) is 6.00. The second kappa shape index (κ2) is 9.01. The number of nitrogens with one attached hydrogen (secondary N) is 2. The molecule has 1 unspecified atom stereocenters. The zero-order valence-corrected chi connectivity index (χ0v) is 20.0. The van der Waals surface area contributed by atoms with Crippen molar-refractivity contribution in [3.05, 3.63) is 88.8 Å². The molecule has 2 aromatic carbocycles. The van der Waals surface area contributed by atoms with Crippen molar-refractivity contribution in [2.24, 2.45) is 0 Å². The molecule has 1 amide bonds. The van der Waals surface area contributed by atoms with Gasteiger partial charge in [-0.15, -0.1) is 5.10 Å². The fourth-order valence-electron chi connectivity index (χ4n) is 4.37. The van der Waals surface area contributed by atoms with E-state index in [0.29, 0.717) is 58.5 Å². The van der Waals surface area contributed by atoms with Gasteiger partial charge in [0.05, 0.1) is 5.57 Å². The number of benzene rings is 2. The first-order valence-corrected chi connectivity index (χ1v) is 11.8. The largest absolute Gasteiger partial charge is 0.486 e. The van der Waals surface area contributed by atoms with E-state index in [-0.39, 0.29) is 5.91 Å². The van der Waals surface area contributed by atoms with Crippen molar-refractivity contribution in [1.29, 1.82) is 0 Å². The first-order chi connectivity index (χ1) is 17.6. The maximum Gasteiger partial charge on any atom is 0.255 e. The van der Waals surface area contributed by atoms with Gasteiger partial charge in [0.1, 0.15) is 19.3 Å². The number of hydrogen-bond donors (Lipinski definition) is 2. The number of ether oxygens (including phenoxy) is 2. The molecule has 9 nitrogen and oxygen atoms in total. The van der Waals surface area contributed by atoms with Gasteiger partial charge in [0.2, 0.25) is 5.95 Å². The van der Waals surface area contributed by atoms with Crippen LogP contribution in [0.4, 0.5) is 11.6 Å². The number of allylic oxidation sites excluding steroid dienone is 1. The Morgan fingerprint density at radius 1 is 1.08 bits per heavy atom. The second-order valence-corrected chi connectivity index (χ2v) is 8.81. The highest BCUT2D eigenvalue weighted by Gasteiger charge is 2.35. The van der Waals surface area contributed by atoms with E-state index in [9.17, 15) is 4.79 Å². The predicted molar refractivity (Wildman–Crippen MR) is 135 cm³/mol. The summed E-state index contributed by atoms with van der Waals surface area (Å²) >= 11 is 6.13. The number of aromatic nitrogens is 4. The first-order valence-electron chi connectivity index (χ1n) is 11.4. The number of nitrogens with zero attached hydrogens (tertiary/aromatic N) is 4. The monoisotopic (exact) mass is 500 g/mol. The van der Waals surface area contributed by atoms with Crippen molar-refractivity contribution in [3.8, 4) is 22.9 Å². The van der Waals surface area contributed by atoms with Gasteiger partial charge in [0.15, 0.2) is 17.3 Å². The molecule has 2 N–H and O–H groups in total. The SMILES string of the molecule is CC1=C(C(=O)Nc2cccc(Cl)c2)C(c2ccc3c(c2)OCCO3)n2nc(-c3ccncc3)nc2N1. The van der Waals surface area contributed by atoms with Gasteiger partial charge in [-0.3, -0.25) is 9.78 Å². The summed E-state index contributed by atoms with van der Waals surface area (Å²) in [6.45, 7) is 2.80. The van der Waals surface area contributed by atoms with Crippen LogP contribution in [-0.2, 0) is 4.79 Å². The summed E-state index contributed by atoms with van der Waals surface area (Å²) in [4.78, 5) is 22.4. The van der Waals surface area contributed by atoms with Crippen molar-refractivity contribution in [1.82, 2.24) is 19.7 Å². The molecule has 36 heavy (non-hydrogen) atoms. The van der Waals surface area contributed by atoms with E-state index in [0.717, 1.165) is 11.1 Å². The number of halogens is 1. The van der Waals surface area contributed by atoms with Crippen LogP contribution in [0.15, 0.2) is 78.3 Å². The summed E-state index contributed by atoms with van der Waals surface area (Å²) in [5, 5.41) is 11.5. The Morgan fingerprint density at radius 2 is 1.89 bits per heavy atom. The number of amides is 1. The second-order valence-electron chi connectivity index (χ2n) is 8.37. The molecule has 1 atom stereocenters. The number of rotatable bonds is 4. The van der Waals surface area contributed by atoms with Crippen LogP contribution < -0.4 is 20.1 Å². The Morgan fingerprint density at radius 3 is 2.69 bits per heavy atom. The van der Waals surface area contributed by atoms with Crippen molar-refractivity contribution < 1.29 is 14.3 Å². The lowest BCUT2D eigenvalue weighted by Crippen LogP contribution is -2.31. The number of anilines is 2. The van der Waals surface area contributed by atoms with Crippen molar-refractivity contribution in [2.45, 2.75) is 13.0 Å². The molecule has 2 aliphatic heterocycles. The highest BCUT2D eigenvalue weighted by Crippen LogP contribution is 2.40. The maximum atomic E-state index is 13.7. The molecule has 180 valence electrons. The van der Waals surface area contributed by atoms with Crippen LogP contribution in [0.2, 0.25) is 5.02 Å². The van der Waals surface area contributed by atoms with E-state index in [1.54, 1.807) is 41.3 Å². The van der Waals surface area contributed by atoms with Crippen LogP contribution >= 0.6 is 11.6 Å². The van der Waals surface area contributed by atoms with Gasteiger partial charge in [-0.25, -0.2) is 4.68 Å². The minimum Gasteiger partial charge on any atom is -0.486 e. The highest BCUT2D eigenvalue weighted by molar-refractivity contribution is 6.31. The van der Waals surface area contributed by atoms with Crippen LogP contribution in [-0.4, -0.2) is 38.9 Å². The van der Waals surface area contributed by atoms with E-state index in [1.807, 2.05) is 37.3 Å². The number of carbonyl (C=O) groups is 1. The highest BCUT2D eigenvalue weighted by atomic mass is 35.5. The minimum absolute atomic E-state index is 0.284. The Kier molecular flexibility index (Phi) is 5.54. The third kappa shape index (κ3) is 4.03. The lowest BCUT2D eigenvalue weighted by atomic mass is 9.94. The van der Waals surface area contributed by atoms with Crippen molar-refractivity contribution >= 4 is 29.1 Å². The standard InChI is InChI=1S/C26H21ClN6O3/c1-15-22(25(34)30-19-4-2-3-18(27)14-19)23(17-5-6-20-21(13-17)36-12-11-35-20)33-26(29-15)31-24(32-33)16-7-9-28-10-8-16/h2-10,13-14,23H,11-12H2,1H3,(H,30,34)(H,29,31,32). The first kappa shape index (κ1) is 22.1. The van der Waals surface area contributed by atoms with Crippen LogP contribution in [0.1, 0.15) is 18.5 Å². The fourth-order valence-corrected chi connectivity index (χ4v) is 4.56. The molecule has 10 heteroatoms. The Labute approximate surface area is 211 Å². The fraction of sp³-hybridized carbons (Fsp3) is 0.154. The summed E-state index contributed by atoms with van der Waals surface area (Å²) in [6.07, 6.45) is 3.38.